The molecule has 0 aliphatic carbocycles. The molecule has 0 aromatic heterocycles. The molecule has 6 nitrogen and oxygen atoms in total. The van der Waals surface area contributed by atoms with Gasteiger partial charge < -0.3 is 24.6 Å². The topological polar surface area (TPSA) is 77.0 Å². The molecule has 0 heterocycles. The molecule has 0 bridgehead atoms. The van der Waals surface area contributed by atoms with Crippen LogP contribution in [-0.4, -0.2) is 32.3 Å². The third-order valence-corrected chi connectivity index (χ3v) is 6.43. The molecule has 0 spiro atoms. The van der Waals surface area contributed by atoms with Crippen molar-refractivity contribution in [2.45, 2.75) is 26.8 Å². The Balaban J connectivity index is 1.82. The van der Waals surface area contributed by atoms with Crippen molar-refractivity contribution in [2.75, 3.05) is 21.3 Å². The zero-order valence-electron chi connectivity index (χ0n) is 21.4. The van der Waals surface area contributed by atoms with Crippen molar-refractivity contribution in [3.8, 4) is 34.1 Å². The Morgan fingerprint density at radius 3 is 2.25 bits per heavy atom. The number of carbonyl (C=O) groups excluding carboxylic acids is 1. The quantitative estimate of drug-likeness (QED) is 0.319. The highest BCUT2D eigenvalue weighted by molar-refractivity contribution is 6.11. The second-order valence-corrected chi connectivity index (χ2v) is 8.80. The second-order valence-electron chi connectivity index (χ2n) is 8.80. The van der Waals surface area contributed by atoms with Gasteiger partial charge in [-0.2, -0.15) is 0 Å². The van der Waals surface area contributed by atoms with E-state index in [1.54, 1.807) is 33.5 Å². The summed E-state index contributed by atoms with van der Waals surface area (Å²) >= 11 is 0. The third-order valence-electron chi connectivity index (χ3n) is 6.43. The number of aryl methyl sites for hydroxylation is 2. The highest BCUT2D eigenvalue weighted by Crippen LogP contribution is 2.43. The molecule has 36 heavy (non-hydrogen) atoms. The fraction of sp³-hybridized carbons (Fsp3) is 0.233. The molecule has 0 aliphatic rings. The number of hydrogen-bond donors (Lipinski definition) is 2. The summed E-state index contributed by atoms with van der Waals surface area (Å²) in [7, 11) is 4.66. The van der Waals surface area contributed by atoms with Crippen molar-refractivity contribution in [1.82, 2.24) is 5.32 Å². The molecule has 1 atom stereocenters. The SMILES string of the molecule is COc1ccc([C@H](C)NC(=O)c2ccc3ccccc3c2-c2c(C)cc(C)cc2O)c(OC)c1OC. The van der Waals surface area contributed by atoms with Gasteiger partial charge >= 0.3 is 0 Å². The van der Waals surface area contributed by atoms with E-state index >= 15 is 0 Å². The largest absolute Gasteiger partial charge is 0.507 e. The molecule has 0 saturated carbocycles. The van der Waals surface area contributed by atoms with Gasteiger partial charge in [-0.15, -0.1) is 0 Å². The van der Waals surface area contributed by atoms with E-state index in [9.17, 15) is 9.90 Å². The van der Waals surface area contributed by atoms with E-state index in [2.05, 4.69) is 5.32 Å². The van der Waals surface area contributed by atoms with E-state index in [0.29, 0.717) is 33.9 Å². The summed E-state index contributed by atoms with van der Waals surface area (Å²) in [4.78, 5) is 13.7. The van der Waals surface area contributed by atoms with Crippen molar-refractivity contribution in [3.63, 3.8) is 0 Å². The molecule has 0 radical (unpaired) electrons. The van der Waals surface area contributed by atoms with Crippen LogP contribution in [0.4, 0.5) is 0 Å². The number of methoxy groups -OCH3 is 3. The van der Waals surface area contributed by atoms with E-state index in [4.69, 9.17) is 14.2 Å². The fourth-order valence-corrected chi connectivity index (χ4v) is 4.82. The van der Waals surface area contributed by atoms with Crippen LogP contribution in [-0.2, 0) is 0 Å². The highest BCUT2D eigenvalue weighted by Gasteiger charge is 2.24. The van der Waals surface area contributed by atoms with Gasteiger partial charge in [0.25, 0.3) is 5.91 Å². The Kier molecular flexibility index (Phi) is 7.06. The van der Waals surface area contributed by atoms with Gasteiger partial charge in [0, 0.05) is 22.3 Å². The van der Waals surface area contributed by atoms with Crippen LogP contribution in [0, 0.1) is 13.8 Å². The van der Waals surface area contributed by atoms with Crippen LogP contribution in [0.15, 0.2) is 60.7 Å². The first-order chi connectivity index (χ1) is 17.3. The first-order valence-electron chi connectivity index (χ1n) is 11.7. The monoisotopic (exact) mass is 485 g/mol. The Labute approximate surface area is 211 Å². The lowest BCUT2D eigenvalue weighted by Crippen LogP contribution is -2.27. The molecular weight excluding hydrogens is 454 g/mol. The van der Waals surface area contributed by atoms with Crippen molar-refractivity contribution < 1.29 is 24.1 Å². The second kappa shape index (κ2) is 10.2. The Bertz CT molecular complexity index is 1420. The van der Waals surface area contributed by atoms with Crippen LogP contribution >= 0.6 is 0 Å². The van der Waals surface area contributed by atoms with Gasteiger partial charge in [-0.1, -0.05) is 36.4 Å². The first-order valence-corrected chi connectivity index (χ1v) is 11.7. The maximum Gasteiger partial charge on any atom is 0.252 e. The van der Waals surface area contributed by atoms with Crippen LogP contribution in [0.1, 0.15) is 40.0 Å². The molecule has 2 N–H and O–H groups in total. The molecule has 4 aromatic rings. The molecule has 6 heteroatoms. The summed E-state index contributed by atoms with van der Waals surface area (Å²) in [6.07, 6.45) is 0. The number of phenols is 1. The summed E-state index contributed by atoms with van der Waals surface area (Å²) in [5.41, 5.74) is 4.43. The van der Waals surface area contributed by atoms with Crippen LogP contribution < -0.4 is 19.5 Å². The Morgan fingerprint density at radius 2 is 1.58 bits per heavy atom. The number of rotatable bonds is 7. The Morgan fingerprint density at radius 1 is 0.861 bits per heavy atom. The molecule has 186 valence electrons. The van der Waals surface area contributed by atoms with Gasteiger partial charge in [-0.05, 0) is 66.9 Å². The Hall–Kier alpha value is -4.19. The van der Waals surface area contributed by atoms with E-state index in [-0.39, 0.29) is 11.7 Å². The zero-order valence-corrected chi connectivity index (χ0v) is 21.4. The fourth-order valence-electron chi connectivity index (χ4n) is 4.82. The number of ether oxygens (including phenoxy) is 3. The molecule has 4 aromatic carbocycles. The van der Waals surface area contributed by atoms with E-state index in [0.717, 1.165) is 27.5 Å². The van der Waals surface area contributed by atoms with Gasteiger partial charge in [0.05, 0.1) is 27.4 Å². The molecule has 0 aliphatic heterocycles. The highest BCUT2D eigenvalue weighted by atomic mass is 16.5. The minimum Gasteiger partial charge on any atom is -0.507 e. The summed E-state index contributed by atoms with van der Waals surface area (Å²) in [5, 5.41) is 15.9. The lowest BCUT2D eigenvalue weighted by Gasteiger charge is -2.22. The number of hydrogen-bond acceptors (Lipinski definition) is 5. The smallest absolute Gasteiger partial charge is 0.252 e. The normalized spacial score (nSPS) is 11.7. The zero-order chi connectivity index (χ0) is 26.0. The van der Waals surface area contributed by atoms with Gasteiger partial charge in [0.15, 0.2) is 11.5 Å². The van der Waals surface area contributed by atoms with E-state index < -0.39 is 6.04 Å². The first kappa shape index (κ1) is 24.9. The van der Waals surface area contributed by atoms with Crippen molar-refractivity contribution in [1.29, 1.82) is 0 Å². The number of fused-ring (bicyclic) bond motifs is 1. The van der Waals surface area contributed by atoms with Crippen LogP contribution in [0.5, 0.6) is 23.0 Å². The van der Waals surface area contributed by atoms with E-state index in [1.807, 2.05) is 69.3 Å². The summed E-state index contributed by atoms with van der Waals surface area (Å²) < 4.78 is 16.5. The predicted molar refractivity (Wildman–Crippen MR) is 143 cm³/mol. The number of aromatic hydroxyl groups is 1. The number of amides is 1. The van der Waals surface area contributed by atoms with Crippen molar-refractivity contribution in [2.24, 2.45) is 0 Å². The van der Waals surface area contributed by atoms with Gasteiger partial charge in [-0.3, -0.25) is 4.79 Å². The van der Waals surface area contributed by atoms with Crippen molar-refractivity contribution in [3.05, 3.63) is 82.9 Å². The number of carbonyl (C=O) groups is 1. The standard InChI is InChI=1S/C30H31NO5/c1-17-15-18(2)26(24(32)16-17)27-22-10-8-7-9-20(22)11-12-23(27)30(33)31-19(3)21-13-14-25(34-4)29(36-6)28(21)35-5/h7-16,19,32H,1-6H3,(H,31,33)/t19-/m0/s1. The lowest BCUT2D eigenvalue weighted by atomic mass is 9.89. The van der Waals surface area contributed by atoms with Crippen LogP contribution in [0.3, 0.4) is 0 Å². The average Bonchev–Trinajstić information content (AvgIpc) is 2.86. The summed E-state index contributed by atoms with van der Waals surface area (Å²) in [6.45, 7) is 5.77. The van der Waals surface area contributed by atoms with E-state index in [1.165, 1.54) is 0 Å². The maximum atomic E-state index is 13.7. The van der Waals surface area contributed by atoms with Gasteiger partial charge in [0.2, 0.25) is 5.75 Å². The summed E-state index contributed by atoms with van der Waals surface area (Å²) in [6, 6.07) is 18.6. The maximum absolute atomic E-state index is 13.7. The molecule has 4 rings (SSSR count). The molecule has 0 fully saturated rings. The minimum absolute atomic E-state index is 0.146. The van der Waals surface area contributed by atoms with Crippen LogP contribution in [0.25, 0.3) is 21.9 Å². The number of phenolic OH excluding ortho intramolecular Hbond substituents is 1. The predicted octanol–water partition coefficient (Wildman–Crippen LogP) is 6.35. The van der Waals surface area contributed by atoms with Crippen molar-refractivity contribution >= 4 is 16.7 Å². The summed E-state index contributed by atoms with van der Waals surface area (Å²) in [5.74, 6) is 1.38. The molecular formula is C30H31NO5. The number of benzene rings is 4. The minimum atomic E-state index is -0.403. The van der Waals surface area contributed by atoms with Gasteiger partial charge in [-0.25, -0.2) is 0 Å². The van der Waals surface area contributed by atoms with Gasteiger partial charge in [0.1, 0.15) is 5.75 Å². The lowest BCUT2D eigenvalue weighted by molar-refractivity contribution is 0.0940. The molecule has 1 amide bonds. The van der Waals surface area contributed by atoms with Crippen LogP contribution in [0.2, 0.25) is 0 Å². The molecule has 0 unspecified atom stereocenters. The average molecular weight is 486 g/mol. The number of nitrogens with one attached hydrogen (secondary N) is 1. The third kappa shape index (κ3) is 4.42. The molecule has 0 saturated heterocycles.